The second kappa shape index (κ2) is 8.74. The summed E-state index contributed by atoms with van der Waals surface area (Å²) in [5.41, 5.74) is 5.48. The van der Waals surface area contributed by atoms with Gasteiger partial charge in [-0.3, -0.25) is 4.79 Å². The van der Waals surface area contributed by atoms with Crippen molar-refractivity contribution in [3.05, 3.63) is 87.8 Å². The van der Waals surface area contributed by atoms with Gasteiger partial charge in [0.25, 0.3) is 0 Å². The van der Waals surface area contributed by atoms with Crippen LogP contribution in [0.25, 0.3) is 11.1 Å². The Morgan fingerprint density at radius 1 is 1.00 bits per heavy atom. The van der Waals surface area contributed by atoms with Crippen LogP contribution in [0.3, 0.4) is 0 Å². The van der Waals surface area contributed by atoms with Crippen LogP contribution in [-0.4, -0.2) is 9.90 Å². The molecule has 1 aromatic heterocycles. The summed E-state index contributed by atoms with van der Waals surface area (Å²) in [6.45, 7) is 4.98. The summed E-state index contributed by atoms with van der Waals surface area (Å²) >= 11 is 5.11. The number of aryl methyl sites for hydroxylation is 3. The van der Waals surface area contributed by atoms with Crippen molar-refractivity contribution in [2.24, 2.45) is 0 Å². The van der Waals surface area contributed by atoms with Crippen LogP contribution in [0, 0.1) is 13.8 Å². The Morgan fingerprint density at radius 3 is 2.46 bits per heavy atom. The maximum Gasteiger partial charge on any atom is 0.202 e. The molecular weight excluding hydrogens is 406 g/mol. The largest absolute Gasteiger partial charge is 0.351 e. The molecule has 0 fully saturated rings. The molecule has 0 aliphatic heterocycles. The van der Waals surface area contributed by atoms with Gasteiger partial charge < -0.3 is 4.57 Å². The SMILES string of the molecule is Cc1ccc(-c2cn(CCBr)cc(SCc3ccccc3)c2=O)c(C)c1. The topological polar surface area (TPSA) is 22.0 Å². The van der Waals surface area contributed by atoms with E-state index in [1.54, 1.807) is 11.8 Å². The molecule has 0 atom stereocenters. The summed E-state index contributed by atoms with van der Waals surface area (Å²) in [4.78, 5) is 13.9. The first-order valence-corrected chi connectivity index (χ1v) is 10.7. The van der Waals surface area contributed by atoms with Gasteiger partial charge in [0.2, 0.25) is 5.43 Å². The maximum absolute atomic E-state index is 13.1. The number of rotatable bonds is 6. The van der Waals surface area contributed by atoms with E-state index >= 15 is 0 Å². The predicted octanol–water partition coefficient (Wildman–Crippen LogP) is 5.82. The second-order valence-electron chi connectivity index (χ2n) is 6.38. The number of alkyl halides is 1. The fraction of sp³-hybridized carbons (Fsp3) is 0.227. The highest BCUT2D eigenvalue weighted by Crippen LogP contribution is 2.26. The predicted molar refractivity (Wildman–Crippen MR) is 115 cm³/mol. The lowest BCUT2D eigenvalue weighted by atomic mass is 10.00. The molecule has 2 aromatic carbocycles. The summed E-state index contributed by atoms with van der Waals surface area (Å²) in [5, 5.41) is 0.852. The van der Waals surface area contributed by atoms with Crippen molar-refractivity contribution in [1.82, 2.24) is 4.57 Å². The van der Waals surface area contributed by atoms with Crippen LogP contribution >= 0.6 is 27.7 Å². The van der Waals surface area contributed by atoms with Crippen LogP contribution in [0.1, 0.15) is 16.7 Å². The standard InChI is InChI=1S/C22H22BrNOS/c1-16-8-9-19(17(2)12-16)20-13-24(11-10-23)14-21(22(20)25)26-15-18-6-4-3-5-7-18/h3-9,12-14H,10-11,15H2,1-2H3. The fourth-order valence-corrected chi connectivity index (χ4v) is 4.35. The normalized spacial score (nSPS) is 10.9. The summed E-state index contributed by atoms with van der Waals surface area (Å²) < 4.78 is 2.11. The average Bonchev–Trinajstić information content (AvgIpc) is 2.63. The van der Waals surface area contributed by atoms with Crippen molar-refractivity contribution in [2.75, 3.05) is 5.33 Å². The Bertz CT molecular complexity index is 950. The highest BCUT2D eigenvalue weighted by molar-refractivity contribution is 9.09. The minimum absolute atomic E-state index is 0.115. The van der Waals surface area contributed by atoms with Crippen molar-refractivity contribution in [1.29, 1.82) is 0 Å². The Morgan fingerprint density at radius 2 is 1.77 bits per heavy atom. The minimum Gasteiger partial charge on any atom is -0.351 e. The van der Waals surface area contributed by atoms with Gasteiger partial charge >= 0.3 is 0 Å². The highest BCUT2D eigenvalue weighted by Gasteiger charge is 2.12. The van der Waals surface area contributed by atoms with Gasteiger partial charge in [-0.05, 0) is 30.5 Å². The third kappa shape index (κ3) is 4.49. The van der Waals surface area contributed by atoms with E-state index < -0.39 is 0 Å². The lowest BCUT2D eigenvalue weighted by Crippen LogP contribution is -2.14. The Balaban J connectivity index is 2.01. The number of thioether (sulfide) groups is 1. The summed E-state index contributed by atoms with van der Waals surface area (Å²) in [5.74, 6) is 0.792. The van der Waals surface area contributed by atoms with Crippen LogP contribution < -0.4 is 5.43 Å². The summed E-state index contributed by atoms with van der Waals surface area (Å²) in [6, 6.07) is 16.5. The Labute approximate surface area is 167 Å². The van der Waals surface area contributed by atoms with Crippen LogP contribution in [0.4, 0.5) is 0 Å². The van der Waals surface area contributed by atoms with E-state index in [0.29, 0.717) is 0 Å². The molecule has 0 saturated carbocycles. The molecule has 4 heteroatoms. The third-order valence-corrected chi connectivity index (χ3v) is 5.73. The molecule has 0 bridgehead atoms. The number of benzene rings is 2. The van der Waals surface area contributed by atoms with E-state index in [4.69, 9.17) is 0 Å². The summed E-state index contributed by atoms with van der Waals surface area (Å²) in [6.07, 6.45) is 3.96. The molecule has 0 spiro atoms. The van der Waals surface area contributed by atoms with E-state index in [9.17, 15) is 4.79 Å². The molecule has 0 amide bonds. The van der Waals surface area contributed by atoms with E-state index in [1.165, 1.54) is 11.1 Å². The molecule has 26 heavy (non-hydrogen) atoms. The monoisotopic (exact) mass is 427 g/mol. The molecule has 1 heterocycles. The van der Waals surface area contributed by atoms with E-state index in [2.05, 4.69) is 64.7 Å². The molecule has 0 aliphatic carbocycles. The zero-order chi connectivity index (χ0) is 18.5. The number of aromatic nitrogens is 1. The van der Waals surface area contributed by atoms with Gasteiger partial charge in [0.1, 0.15) is 0 Å². The van der Waals surface area contributed by atoms with Crippen LogP contribution in [0.2, 0.25) is 0 Å². The molecular formula is C22H22BrNOS. The molecule has 0 radical (unpaired) electrons. The first-order chi connectivity index (χ1) is 12.6. The van der Waals surface area contributed by atoms with E-state index in [1.807, 2.05) is 30.6 Å². The molecule has 0 saturated heterocycles. The van der Waals surface area contributed by atoms with Gasteiger partial charge in [-0.25, -0.2) is 0 Å². The van der Waals surface area contributed by atoms with Crippen LogP contribution in [-0.2, 0) is 12.3 Å². The van der Waals surface area contributed by atoms with Crippen LogP contribution in [0.15, 0.2) is 70.6 Å². The average molecular weight is 428 g/mol. The van der Waals surface area contributed by atoms with Crippen molar-refractivity contribution in [3.8, 4) is 11.1 Å². The minimum atomic E-state index is 0.115. The third-order valence-electron chi connectivity index (χ3n) is 4.30. The Kier molecular flexibility index (Phi) is 6.38. The van der Waals surface area contributed by atoms with Crippen molar-refractivity contribution < 1.29 is 0 Å². The van der Waals surface area contributed by atoms with Gasteiger partial charge in [-0.1, -0.05) is 70.0 Å². The smallest absolute Gasteiger partial charge is 0.202 e. The highest BCUT2D eigenvalue weighted by atomic mass is 79.9. The Hall–Kier alpha value is -1.78. The molecule has 3 rings (SSSR count). The zero-order valence-corrected chi connectivity index (χ0v) is 17.4. The van der Waals surface area contributed by atoms with Gasteiger partial charge in [-0.15, -0.1) is 11.8 Å². The molecule has 0 aliphatic rings. The lowest BCUT2D eigenvalue weighted by Gasteiger charge is -2.13. The second-order valence-corrected chi connectivity index (χ2v) is 8.19. The molecule has 0 unspecified atom stereocenters. The van der Waals surface area contributed by atoms with Crippen LogP contribution in [0.5, 0.6) is 0 Å². The quantitative estimate of drug-likeness (QED) is 0.365. The fourth-order valence-electron chi connectivity index (χ4n) is 2.98. The molecule has 2 nitrogen and oxygen atoms in total. The number of halogens is 1. The summed E-state index contributed by atoms with van der Waals surface area (Å²) in [7, 11) is 0. The van der Waals surface area contributed by atoms with Crippen molar-refractivity contribution in [2.45, 2.75) is 31.0 Å². The number of hydrogen-bond acceptors (Lipinski definition) is 2. The van der Waals surface area contributed by atoms with Gasteiger partial charge in [0, 0.05) is 35.6 Å². The van der Waals surface area contributed by atoms with Crippen molar-refractivity contribution in [3.63, 3.8) is 0 Å². The van der Waals surface area contributed by atoms with E-state index in [-0.39, 0.29) is 5.43 Å². The number of hydrogen-bond donors (Lipinski definition) is 0. The van der Waals surface area contributed by atoms with Crippen molar-refractivity contribution >= 4 is 27.7 Å². The molecule has 134 valence electrons. The lowest BCUT2D eigenvalue weighted by molar-refractivity contribution is 0.754. The van der Waals surface area contributed by atoms with Gasteiger partial charge in [0.15, 0.2) is 0 Å². The van der Waals surface area contributed by atoms with Gasteiger partial charge in [-0.2, -0.15) is 0 Å². The maximum atomic E-state index is 13.1. The molecule has 3 aromatic rings. The van der Waals surface area contributed by atoms with E-state index in [0.717, 1.165) is 39.2 Å². The zero-order valence-electron chi connectivity index (χ0n) is 15.0. The first kappa shape index (κ1) is 19.0. The number of nitrogens with zero attached hydrogens (tertiary/aromatic N) is 1. The molecule has 0 N–H and O–H groups in total. The first-order valence-electron chi connectivity index (χ1n) is 8.63. The number of pyridine rings is 1. The van der Waals surface area contributed by atoms with Gasteiger partial charge in [0.05, 0.1) is 4.90 Å².